The summed E-state index contributed by atoms with van der Waals surface area (Å²) in [7, 11) is 0. The predicted molar refractivity (Wildman–Crippen MR) is 78.1 cm³/mol. The van der Waals surface area contributed by atoms with E-state index in [1.807, 2.05) is 6.07 Å². The number of hydrogen-bond donors (Lipinski definition) is 1. The minimum absolute atomic E-state index is 0.190. The lowest BCUT2D eigenvalue weighted by atomic mass is 10.2. The van der Waals surface area contributed by atoms with Crippen molar-refractivity contribution in [2.45, 2.75) is 6.61 Å². The Morgan fingerprint density at radius 3 is 3.00 bits per heavy atom. The number of carbonyl (C=O) groups excluding carboxylic acids is 1. The van der Waals surface area contributed by atoms with Crippen LogP contribution in [-0.4, -0.2) is 26.0 Å². The van der Waals surface area contributed by atoms with Crippen LogP contribution in [0, 0.1) is 0 Å². The molecule has 0 atom stereocenters. The lowest BCUT2D eigenvalue weighted by Crippen LogP contribution is -2.09. The molecule has 1 N–H and O–H groups in total. The summed E-state index contributed by atoms with van der Waals surface area (Å²) >= 11 is 0. The van der Waals surface area contributed by atoms with Crippen molar-refractivity contribution in [1.82, 2.24) is 19.7 Å². The van der Waals surface area contributed by atoms with E-state index in [0.29, 0.717) is 17.9 Å². The second-order valence-electron chi connectivity index (χ2n) is 4.46. The first kappa shape index (κ1) is 13.7. The number of rotatable bonds is 5. The number of H-pyrrole nitrogens is 1. The van der Waals surface area contributed by atoms with Gasteiger partial charge in [-0.05, 0) is 12.1 Å². The first-order chi connectivity index (χ1) is 10.8. The average Bonchev–Trinajstić information content (AvgIpc) is 3.08. The van der Waals surface area contributed by atoms with Crippen LogP contribution in [0.15, 0.2) is 53.8 Å². The average molecular weight is 296 g/mol. The molecule has 7 nitrogen and oxygen atoms in total. The Morgan fingerprint density at radius 1 is 1.32 bits per heavy atom. The van der Waals surface area contributed by atoms with Crippen LogP contribution in [0.25, 0.3) is 5.82 Å². The van der Waals surface area contributed by atoms with E-state index in [4.69, 9.17) is 4.74 Å². The number of aromatic nitrogens is 4. The highest BCUT2D eigenvalue weighted by Gasteiger charge is 2.09. The van der Waals surface area contributed by atoms with Gasteiger partial charge >= 0.3 is 0 Å². The summed E-state index contributed by atoms with van der Waals surface area (Å²) in [5, 5.41) is 4.14. The molecular formula is C15H12N4O3. The van der Waals surface area contributed by atoms with Gasteiger partial charge in [0.2, 0.25) is 5.56 Å². The molecule has 0 saturated heterocycles. The fraction of sp³-hybridized carbons (Fsp3) is 0.0667. The molecule has 0 aliphatic heterocycles. The smallest absolute Gasteiger partial charge is 0.248 e. The fourth-order valence-corrected chi connectivity index (χ4v) is 1.99. The van der Waals surface area contributed by atoms with Gasteiger partial charge in [-0.1, -0.05) is 6.07 Å². The molecule has 7 heteroatoms. The molecule has 0 saturated carbocycles. The first-order valence-corrected chi connectivity index (χ1v) is 6.52. The van der Waals surface area contributed by atoms with E-state index in [2.05, 4.69) is 15.1 Å². The molecule has 3 heterocycles. The van der Waals surface area contributed by atoms with E-state index >= 15 is 0 Å². The molecule has 0 aliphatic rings. The highest BCUT2D eigenvalue weighted by atomic mass is 16.5. The van der Waals surface area contributed by atoms with Gasteiger partial charge in [-0.15, -0.1) is 0 Å². The zero-order valence-corrected chi connectivity index (χ0v) is 11.5. The Kier molecular flexibility index (Phi) is 3.78. The SMILES string of the molecule is O=Cc1cc(=O)[nH]cc1OCc1cccnc1-n1cccn1. The van der Waals surface area contributed by atoms with Crippen LogP contribution in [0.1, 0.15) is 15.9 Å². The largest absolute Gasteiger partial charge is 0.486 e. The first-order valence-electron chi connectivity index (χ1n) is 6.52. The topological polar surface area (TPSA) is 89.9 Å². The summed E-state index contributed by atoms with van der Waals surface area (Å²) in [5.74, 6) is 0.953. The summed E-state index contributed by atoms with van der Waals surface area (Å²) in [6.45, 7) is 0.190. The van der Waals surface area contributed by atoms with Crippen LogP contribution >= 0.6 is 0 Å². The predicted octanol–water partition coefficient (Wildman–Crippen LogP) is 1.35. The number of ether oxygens (including phenoxy) is 1. The number of carbonyl (C=O) groups is 1. The van der Waals surface area contributed by atoms with Crippen LogP contribution in [0.5, 0.6) is 5.75 Å². The zero-order valence-electron chi connectivity index (χ0n) is 11.5. The van der Waals surface area contributed by atoms with Gasteiger partial charge in [0.25, 0.3) is 0 Å². The quantitative estimate of drug-likeness (QED) is 0.718. The van der Waals surface area contributed by atoms with Gasteiger partial charge in [-0.3, -0.25) is 9.59 Å². The summed E-state index contributed by atoms with van der Waals surface area (Å²) in [5.41, 5.74) is 0.649. The Bertz CT molecular complexity index is 840. The van der Waals surface area contributed by atoms with E-state index in [9.17, 15) is 9.59 Å². The molecule has 0 bridgehead atoms. The van der Waals surface area contributed by atoms with E-state index in [1.165, 1.54) is 12.3 Å². The number of nitrogens with zero attached hydrogens (tertiary/aromatic N) is 3. The fourth-order valence-electron chi connectivity index (χ4n) is 1.99. The summed E-state index contributed by atoms with van der Waals surface area (Å²) in [6.07, 6.45) is 7.06. The minimum atomic E-state index is -0.354. The van der Waals surface area contributed by atoms with Crippen LogP contribution in [0.2, 0.25) is 0 Å². The summed E-state index contributed by atoms with van der Waals surface area (Å²) in [6, 6.07) is 6.64. The van der Waals surface area contributed by atoms with Gasteiger partial charge in [0, 0.05) is 36.4 Å². The van der Waals surface area contributed by atoms with Crippen LogP contribution in [0.3, 0.4) is 0 Å². The second kappa shape index (κ2) is 6.04. The number of nitrogens with one attached hydrogen (secondary N) is 1. The highest BCUT2D eigenvalue weighted by molar-refractivity contribution is 5.78. The molecule has 22 heavy (non-hydrogen) atoms. The van der Waals surface area contributed by atoms with Crippen LogP contribution in [-0.2, 0) is 6.61 Å². The van der Waals surface area contributed by atoms with Crippen molar-refractivity contribution in [3.8, 4) is 11.6 Å². The van der Waals surface area contributed by atoms with Crippen molar-refractivity contribution in [1.29, 1.82) is 0 Å². The maximum absolute atomic E-state index is 11.2. The third kappa shape index (κ3) is 2.78. The van der Waals surface area contributed by atoms with Gasteiger partial charge in [-0.2, -0.15) is 5.10 Å². The molecule has 3 aromatic heterocycles. The molecule has 0 radical (unpaired) electrons. The monoisotopic (exact) mass is 296 g/mol. The second-order valence-corrected chi connectivity index (χ2v) is 4.46. The normalized spacial score (nSPS) is 10.4. The van der Waals surface area contributed by atoms with Crippen molar-refractivity contribution in [2.75, 3.05) is 0 Å². The van der Waals surface area contributed by atoms with Crippen LogP contribution < -0.4 is 10.3 Å². The van der Waals surface area contributed by atoms with E-state index in [1.54, 1.807) is 35.4 Å². The van der Waals surface area contributed by atoms with Crippen LogP contribution in [0.4, 0.5) is 0 Å². The zero-order chi connectivity index (χ0) is 15.4. The third-order valence-electron chi connectivity index (χ3n) is 3.02. The van der Waals surface area contributed by atoms with Gasteiger partial charge < -0.3 is 9.72 Å². The van der Waals surface area contributed by atoms with Crippen molar-refractivity contribution in [2.24, 2.45) is 0 Å². The Balaban J connectivity index is 1.86. The van der Waals surface area contributed by atoms with Crippen molar-refractivity contribution in [3.63, 3.8) is 0 Å². The third-order valence-corrected chi connectivity index (χ3v) is 3.02. The van der Waals surface area contributed by atoms with Gasteiger partial charge in [0.1, 0.15) is 12.4 Å². The molecule has 0 unspecified atom stereocenters. The maximum atomic E-state index is 11.2. The van der Waals surface area contributed by atoms with E-state index < -0.39 is 0 Å². The number of pyridine rings is 2. The molecule has 3 rings (SSSR count). The molecule has 0 spiro atoms. The van der Waals surface area contributed by atoms with Crippen molar-refractivity contribution >= 4 is 6.29 Å². The minimum Gasteiger partial charge on any atom is -0.486 e. The van der Waals surface area contributed by atoms with Gasteiger partial charge in [0.15, 0.2) is 12.1 Å². The maximum Gasteiger partial charge on any atom is 0.248 e. The molecular weight excluding hydrogens is 284 g/mol. The van der Waals surface area contributed by atoms with Gasteiger partial charge in [0.05, 0.1) is 5.56 Å². The molecule has 0 amide bonds. The Morgan fingerprint density at radius 2 is 2.23 bits per heavy atom. The lowest BCUT2D eigenvalue weighted by molar-refractivity contribution is 0.111. The molecule has 0 aliphatic carbocycles. The molecule has 110 valence electrons. The molecule has 0 aromatic carbocycles. The standard InChI is InChI=1S/C15H12N4O3/c20-9-12-7-14(21)17-8-13(12)22-10-11-3-1-4-16-15(11)19-6-2-5-18-19/h1-9H,10H2,(H,17,21). The summed E-state index contributed by atoms with van der Waals surface area (Å²) in [4.78, 5) is 28.9. The highest BCUT2D eigenvalue weighted by Crippen LogP contribution is 2.17. The Labute approximate surface area is 125 Å². The number of hydrogen-bond acceptors (Lipinski definition) is 5. The van der Waals surface area contributed by atoms with Crippen molar-refractivity contribution in [3.05, 3.63) is 70.5 Å². The Hall–Kier alpha value is -3.22. The lowest BCUT2D eigenvalue weighted by Gasteiger charge is -2.11. The number of aldehydes is 1. The number of aromatic amines is 1. The van der Waals surface area contributed by atoms with Gasteiger partial charge in [-0.25, -0.2) is 9.67 Å². The molecule has 0 fully saturated rings. The van der Waals surface area contributed by atoms with E-state index in [-0.39, 0.29) is 17.7 Å². The molecule has 3 aromatic rings. The summed E-state index contributed by atoms with van der Waals surface area (Å²) < 4.78 is 7.26. The van der Waals surface area contributed by atoms with Crippen molar-refractivity contribution < 1.29 is 9.53 Å². The van der Waals surface area contributed by atoms with E-state index in [0.717, 1.165) is 5.56 Å².